The lowest BCUT2D eigenvalue weighted by molar-refractivity contribution is -0.385. The Morgan fingerprint density at radius 3 is 2.66 bits per heavy atom. The van der Waals surface area contributed by atoms with Gasteiger partial charge in [-0.2, -0.15) is 0 Å². The number of benzene rings is 2. The van der Waals surface area contributed by atoms with Crippen molar-refractivity contribution in [1.82, 2.24) is 4.90 Å². The molecule has 0 aromatic heterocycles. The smallest absolute Gasteiger partial charge is 0.270 e. The highest BCUT2D eigenvalue weighted by Crippen LogP contribution is 2.33. The van der Waals surface area contributed by atoms with Gasteiger partial charge in [-0.15, -0.1) is 0 Å². The fraction of sp³-hybridized carbons (Fsp3) is 0.409. The number of nitrogens with one attached hydrogen (secondary N) is 1. The first-order valence-electron chi connectivity index (χ1n) is 10.4. The number of nitro benzene ring substituents is 1. The molecule has 2 aliphatic rings. The second-order valence-electron chi connectivity index (χ2n) is 7.83. The molecule has 4 rings (SSSR count). The van der Waals surface area contributed by atoms with Gasteiger partial charge in [-0.05, 0) is 31.3 Å². The highest BCUT2D eigenvalue weighted by atomic mass is 16.7. The van der Waals surface area contributed by atoms with Crippen LogP contribution in [-0.4, -0.2) is 62.4 Å². The van der Waals surface area contributed by atoms with Crippen LogP contribution in [0.5, 0.6) is 5.75 Å². The van der Waals surface area contributed by atoms with Crippen LogP contribution in [0, 0.1) is 10.1 Å². The molecule has 1 N–H and O–H groups in total. The maximum Gasteiger partial charge on any atom is 0.270 e. The average molecular weight is 442 g/mol. The number of hydrogen-bond acceptors (Lipinski definition) is 8. The topological polar surface area (TPSA) is 106 Å². The van der Waals surface area contributed by atoms with Gasteiger partial charge in [0.15, 0.2) is 6.79 Å². The monoisotopic (exact) mass is 442 g/mol. The molecular formula is C22H26N4O6. The van der Waals surface area contributed by atoms with Crippen molar-refractivity contribution >= 4 is 23.0 Å². The summed E-state index contributed by atoms with van der Waals surface area (Å²) in [5, 5.41) is 14.2. The van der Waals surface area contributed by atoms with Gasteiger partial charge >= 0.3 is 0 Å². The number of carbonyl (C=O) groups is 1. The van der Waals surface area contributed by atoms with Crippen molar-refractivity contribution in [3.05, 3.63) is 57.6 Å². The molecule has 2 aromatic rings. The fourth-order valence-electron chi connectivity index (χ4n) is 3.87. The second kappa shape index (κ2) is 9.94. The van der Waals surface area contributed by atoms with E-state index in [2.05, 4.69) is 10.2 Å². The summed E-state index contributed by atoms with van der Waals surface area (Å²) in [7, 11) is 1.78. The molecule has 0 bridgehead atoms. The summed E-state index contributed by atoms with van der Waals surface area (Å²) in [4.78, 5) is 27.4. The van der Waals surface area contributed by atoms with Crippen LogP contribution in [-0.2, 0) is 27.4 Å². The van der Waals surface area contributed by atoms with Gasteiger partial charge in [0, 0.05) is 54.3 Å². The second-order valence-corrected chi connectivity index (χ2v) is 7.83. The van der Waals surface area contributed by atoms with Crippen molar-refractivity contribution in [1.29, 1.82) is 0 Å². The SMILES string of the molecule is CN(CC(=O)Nc1ccc(N2CCOCC2)cc1)Cc1cc([N+](=O)[O-])cc2c1OCOC2. The van der Waals surface area contributed by atoms with E-state index in [9.17, 15) is 14.9 Å². The number of rotatable bonds is 7. The predicted octanol–water partition coefficient (Wildman–Crippen LogP) is 2.37. The highest BCUT2D eigenvalue weighted by Gasteiger charge is 2.22. The Hall–Kier alpha value is -3.21. The van der Waals surface area contributed by atoms with Crippen molar-refractivity contribution in [2.24, 2.45) is 0 Å². The Kier molecular flexibility index (Phi) is 6.84. The Labute approximate surface area is 185 Å². The lowest BCUT2D eigenvalue weighted by atomic mass is 10.1. The number of nitrogens with zero attached hydrogens (tertiary/aromatic N) is 3. The lowest BCUT2D eigenvalue weighted by Crippen LogP contribution is -2.36. The first kappa shape index (κ1) is 22.0. The normalized spacial score (nSPS) is 15.8. The average Bonchev–Trinajstić information content (AvgIpc) is 2.80. The predicted molar refractivity (Wildman–Crippen MR) is 118 cm³/mol. The molecule has 0 saturated carbocycles. The van der Waals surface area contributed by atoms with Crippen molar-refractivity contribution in [3.8, 4) is 5.75 Å². The maximum atomic E-state index is 12.5. The van der Waals surface area contributed by atoms with E-state index in [1.54, 1.807) is 11.9 Å². The molecule has 2 aliphatic heterocycles. The molecule has 32 heavy (non-hydrogen) atoms. The van der Waals surface area contributed by atoms with Gasteiger partial charge in [0.05, 0.1) is 31.3 Å². The molecule has 0 atom stereocenters. The zero-order valence-corrected chi connectivity index (χ0v) is 17.9. The Balaban J connectivity index is 1.36. The molecule has 1 amide bonds. The van der Waals surface area contributed by atoms with E-state index in [0.717, 1.165) is 32.0 Å². The van der Waals surface area contributed by atoms with Crippen molar-refractivity contribution in [2.75, 3.05) is 56.9 Å². The number of likely N-dealkylation sites (N-methyl/N-ethyl adjacent to an activating group) is 1. The van der Waals surface area contributed by atoms with Gasteiger partial charge in [-0.1, -0.05) is 0 Å². The maximum absolute atomic E-state index is 12.5. The number of fused-ring (bicyclic) bond motifs is 1. The zero-order valence-electron chi connectivity index (χ0n) is 17.9. The van der Waals surface area contributed by atoms with Crippen LogP contribution in [0.15, 0.2) is 36.4 Å². The summed E-state index contributed by atoms with van der Waals surface area (Å²) in [5.41, 5.74) is 3.09. The molecule has 0 aliphatic carbocycles. The summed E-state index contributed by atoms with van der Waals surface area (Å²) in [6.45, 7) is 3.96. The molecule has 0 spiro atoms. The van der Waals surface area contributed by atoms with Gasteiger partial charge in [0.1, 0.15) is 5.75 Å². The van der Waals surface area contributed by atoms with Crippen LogP contribution in [0.2, 0.25) is 0 Å². The van der Waals surface area contributed by atoms with Gasteiger partial charge in [-0.3, -0.25) is 19.8 Å². The summed E-state index contributed by atoms with van der Waals surface area (Å²) < 4.78 is 16.2. The number of nitro groups is 1. The third-order valence-electron chi connectivity index (χ3n) is 5.36. The molecule has 0 radical (unpaired) electrons. The molecule has 0 unspecified atom stereocenters. The molecule has 170 valence electrons. The molecular weight excluding hydrogens is 416 g/mol. The van der Waals surface area contributed by atoms with Crippen LogP contribution >= 0.6 is 0 Å². The van der Waals surface area contributed by atoms with E-state index < -0.39 is 4.92 Å². The molecule has 10 nitrogen and oxygen atoms in total. The van der Waals surface area contributed by atoms with E-state index in [0.29, 0.717) is 29.1 Å². The van der Waals surface area contributed by atoms with Crippen molar-refractivity contribution in [2.45, 2.75) is 13.2 Å². The third-order valence-corrected chi connectivity index (χ3v) is 5.36. The third kappa shape index (κ3) is 5.34. The van der Waals surface area contributed by atoms with E-state index in [4.69, 9.17) is 14.2 Å². The Bertz CT molecular complexity index is 975. The lowest BCUT2D eigenvalue weighted by Gasteiger charge is -2.29. The van der Waals surface area contributed by atoms with E-state index in [-0.39, 0.29) is 31.5 Å². The van der Waals surface area contributed by atoms with E-state index in [1.165, 1.54) is 12.1 Å². The summed E-state index contributed by atoms with van der Waals surface area (Å²) in [5.74, 6) is 0.419. The van der Waals surface area contributed by atoms with Gasteiger partial charge in [-0.25, -0.2) is 0 Å². The molecule has 10 heteroatoms. The number of anilines is 2. The summed E-state index contributed by atoms with van der Waals surface area (Å²) in [6, 6.07) is 10.7. The standard InChI is InChI=1S/C22H26N4O6/c1-24(12-16-10-20(26(28)29)11-17-14-31-15-32-22(16)17)13-21(27)23-18-2-4-19(5-3-18)25-6-8-30-9-7-25/h2-5,10-11H,6-9,12-15H2,1H3,(H,23,27). The summed E-state index contributed by atoms with van der Waals surface area (Å²) in [6.07, 6.45) is 0. The van der Waals surface area contributed by atoms with Crippen LogP contribution in [0.25, 0.3) is 0 Å². The number of morpholine rings is 1. The number of carbonyl (C=O) groups excluding carboxylic acids is 1. The number of non-ortho nitro benzene ring substituents is 1. The zero-order chi connectivity index (χ0) is 22.5. The number of hydrogen-bond donors (Lipinski definition) is 1. The van der Waals surface area contributed by atoms with Crippen molar-refractivity contribution in [3.63, 3.8) is 0 Å². The minimum Gasteiger partial charge on any atom is -0.467 e. The Morgan fingerprint density at radius 2 is 1.94 bits per heavy atom. The first-order chi connectivity index (χ1) is 15.5. The van der Waals surface area contributed by atoms with Crippen LogP contribution < -0.4 is 15.0 Å². The minimum absolute atomic E-state index is 0.0222. The molecule has 2 heterocycles. The van der Waals surface area contributed by atoms with Gasteiger partial charge in [0.2, 0.25) is 5.91 Å². The highest BCUT2D eigenvalue weighted by molar-refractivity contribution is 5.92. The van der Waals surface area contributed by atoms with E-state index in [1.807, 2.05) is 24.3 Å². The van der Waals surface area contributed by atoms with Crippen LogP contribution in [0.4, 0.5) is 17.1 Å². The minimum atomic E-state index is -0.439. The number of amides is 1. The van der Waals surface area contributed by atoms with Crippen molar-refractivity contribution < 1.29 is 23.9 Å². The molecule has 1 fully saturated rings. The fourth-order valence-corrected chi connectivity index (χ4v) is 3.87. The quantitative estimate of drug-likeness (QED) is 0.515. The molecule has 2 aromatic carbocycles. The largest absolute Gasteiger partial charge is 0.467 e. The number of ether oxygens (including phenoxy) is 3. The van der Waals surface area contributed by atoms with Gasteiger partial charge < -0.3 is 24.4 Å². The van der Waals surface area contributed by atoms with Gasteiger partial charge in [0.25, 0.3) is 5.69 Å². The Morgan fingerprint density at radius 1 is 1.19 bits per heavy atom. The molecule has 1 saturated heterocycles. The summed E-state index contributed by atoms with van der Waals surface area (Å²) >= 11 is 0. The van der Waals surface area contributed by atoms with Crippen LogP contribution in [0.1, 0.15) is 11.1 Å². The first-order valence-corrected chi connectivity index (χ1v) is 10.4. The van der Waals surface area contributed by atoms with E-state index >= 15 is 0 Å². The van der Waals surface area contributed by atoms with Crippen LogP contribution in [0.3, 0.4) is 0 Å².